The molecule has 0 aliphatic heterocycles. The van der Waals surface area contributed by atoms with Gasteiger partial charge in [0.2, 0.25) is 0 Å². The van der Waals surface area contributed by atoms with E-state index >= 15 is 0 Å². The van der Waals surface area contributed by atoms with Gasteiger partial charge in [-0.2, -0.15) is 0 Å². The molecule has 3 rings (SSSR count). The summed E-state index contributed by atoms with van der Waals surface area (Å²) in [6.07, 6.45) is 1.78. The second-order valence-corrected chi connectivity index (χ2v) is 6.36. The number of aromatic nitrogens is 2. The highest BCUT2D eigenvalue weighted by Crippen LogP contribution is 2.26. The zero-order valence-corrected chi connectivity index (χ0v) is 13.2. The Labute approximate surface area is 132 Å². The van der Waals surface area contributed by atoms with Crippen molar-refractivity contribution >= 4 is 60.9 Å². The van der Waals surface area contributed by atoms with Gasteiger partial charge in [-0.25, -0.2) is 4.98 Å². The van der Waals surface area contributed by atoms with Crippen molar-refractivity contribution in [3.8, 4) is 0 Å². The summed E-state index contributed by atoms with van der Waals surface area (Å²) in [6.45, 7) is 0. The number of aromatic amines is 1. The number of nitrogens with one attached hydrogen (secondary N) is 1. The topological polar surface area (TPSA) is 45.8 Å². The number of hydrogen-bond donors (Lipinski definition) is 1. The highest BCUT2D eigenvalue weighted by Gasteiger charge is 2.06. The highest BCUT2D eigenvalue weighted by atomic mass is 79.9. The number of fused-ring (bicyclic) bond motifs is 1. The number of halogens is 2. The van der Waals surface area contributed by atoms with Crippen LogP contribution in [0, 0.1) is 0 Å². The van der Waals surface area contributed by atoms with Crippen LogP contribution in [0.2, 0.25) is 0 Å². The third kappa shape index (κ3) is 2.70. The van der Waals surface area contributed by atoms with Crippen LogP contribution in [0.3, 0.4) is 0 Å². The van der Waals surface area contributed by atoms with Gasteiger partial charge in [-0.15, -0.1) is 11.3 Å². The Balaban J connectivity index is 2.10. The van der Waals surface area contributed by atoms with Crippen LogP contribution in [0.25, 0.3) is 22.0 Å². The van der Waals surface area contributed by atoms with Crippen molar-refractivity contribution in [1.82, 2.24) is 9.97 Å². The second kappa shape index (κ2) is 5.52. The summed E-state index contributed by atoms with van der Waals surface area (Å²) in [5, 5.41) is 2.92. The van der Waals surface area contributed by atoms with Crippen LogP contribution < -0.4 is 5.56 Å². The van der Waals surface area contributed by atoms with Crippen LogP contribution in [0.5, 0.6) is 0 Å². The van der Waals surface area contributed by atoms with Crippen LogP contribution in [-0.2, 0) is 0 Å². The molecule has 0 bridgehead atoms. The van der Waals surface area contributed by atoms with Crippen molar-refractivity contribution in [2.24, 2.45) is 0 Å². The molecule has 20 heavy (non-hydrogen) atoms. The van der Waals surface area contributed by atoms with E-state index in [0.717, 1.165) is 9.35 Å². The molecule has 0 unspecified atom stereocenters. The van der Waals surface area contributed by atoms with Gasteiger partial charge in [0.1, 0.15) is 0 Å². The first kappa shape index (κ1) is 13.5. The van der Waals surface area contributed by atoms with Crippen molar-refractivity contribution in [2.75, 3.05) is 0 Å². The zero-order valence-electron chi connectivity index (χ0n) is 10.1. The first-order chi connectivity index (χ1) is 9.63. The number of benzene rings is 1. The zero-order chi connectivity index (χ0) is 14.1. The number of H-pyrrole nitrogens is 1. The van der Waals surface area contributed by atoms with Gasteiger partial charge in [0.05, 0.1) is 15.9 Å². The van der Waals surface area contributed by atoms with E-state index in [9.17, 15) is 4.79 Å². The first-order valence-electron chi connectivity index (χ1n) is 5.74. The lowest BCUT2D eigenvalue weighted by Gasteiger charge is -2.01. The Morgan fingerprint density at radius 1 is 1.40 bits per heavy atom. The molecule has 2 heterocycles. The fourth-order valence-electron chi connectivity index (χ4n) is 1.80. The van der Waals surface area contributed by atoms with Gasteiger partial charge in [0.15, 0.2) is 5.82 Å². The minimum atomic E-state index is -0.190. The van der Waals surface area contributed by atoms with Crippen LogP contribution in [-0.4, -0.2) is 9.97 Å². The summed E-state index contributed by atoms with van der Waals surface area (Å²) >= 11 is 11.2. The van der Waals surface area contributed by atoms with Crippen molar-refractivity contribution < 1.29 is 0 Å². The fraction of sp³-hybridized carbons (Fsp3) is 0. The largest absolute Gasteiger partial charge is 0.305 e. The number of thiophene rings is 1. The lowest BCUT2D eigenvalue weighted by Crippen LogP contribution is -2.10. The monoisotopic (exact) mass is 366 g/mol. The Kier molecular flexibility index (Phi) is 3.74. The van der Waals surface area contributed by atoms with Crippen LogP contribution >= 0.6 is 38.9 Å². The molecule has 0 amide bonds. The highest BCUT2D eigenvalue weighted by molar-refractivity contribution is 9.10. The quantitative estimate of drug-likeness (QED) is 0.725. The van der Waals surface area contributed by atoms with Crippen molar-refractivity contribution in [3.05, 3.63) is 61.2 Å². The van der Waals surface area contributed by atoms with Gasteiger partial charge in [-0.05, 0) is 40.2 Å². The maximum atomic E-state index is 12.0. The molecule has 0 aliphatic carbocycles. The molecule has 0 spiro atoms. The van der Waals surface area contributed by atoms with Gasteiger partial charge in [-0.3, -0.25) is 4.79 Å². The molecule has 0 fully saturated rings. The lowest BCUT2D eigenvalue weighted by atomic mass is 10.2. The molecule has 0 saturated carbocycles. The predicted octanol–water partition coefficient (Wildman–Crippen LogP) is 4.48. The minimum Gasteiger partial charge on any atom is -0.305 e. The fourth-order valence-corrected chi connectivity index (χ4v) is 3.44. The van der Waals surface area contributed by atoms with Crippen molar-refractivity contribution in [2.45, 2.75) is 0 Å². The van der Waals surface area contributed by atoms with E-state index in [1.807, 2.05) is 17.5 Å². The Bertz CT molecular complexity index is 869. The van der Waals surface area contributed by atoms with Gasteiger partial charge in [0.25, 0.3) is 5.56 Å². The van der Waals surface area contributed by atoms with E-state index in [-0.39, 0.29) is 5.56 Å². The average molecular weight is 368 g/mol. The SMILES string of the molecule is O=c1[nH]c(/C(Cl)=C/c2cc(Br)cs2)nc2ccccc12. The molecule has 2 aromatic heterocycles. The molecule has 6 heteroatoms. The molecule has 0 radical (unpaired) electrons. The number of hydrogen-bond acceptors (Lipinski definition) is 3. The first-order valence-corrected chi connectivity index (χ1v) is 7.79. The summed E-state index contributed by atoms with van der Waals surface area (Å²) in [5.74, 6) is 0.375. The normalized spacial score (nSPS) is 12.0. The summed E-state index contributed by atoms with van der Waals surface area (Å²) in [6, 6.07) is 9.12. The molecule has 100 valence electrons. The molecule has 3 aromatic rings. The van der Waals surface area contributed by atoms with E-state index in [2.05, 4.69) is 25.9 Å². The van der Waals surface area contributed by atoms with E-state index in [0.29, 0.717) is 21.8 Å². The summed E-state index contributed by atoms with van der Waals surface area (Å²) in [4.78, 5) is 20.0. The van der Waals surface area contributed by atoms with E-state index < -0.39 is 0 Å². The Hall–Kier alpha value is -1.43. The molecular weight excluding hydrogens is 360 g/mol. The predicted molar refractivity (Wildman–Crippen MR) is 88.1 cm³/mol. The summed E-state index contributed by atoms with van der Waals surface area (Å²) in [5.41, 5.74) is 0.440. The van der Waals surface area contributed by atoms with Crippen LogP contribution in [0.1, 0.15) is 10.7 Å². The maximum Gasteiger partial charge on any atom is 0.259 e. The number of nitrogens with zero attached hydrogens (tertiary/aromatic N) is 1. The maximum absolute atomic E-state index is 12.0. The molecule has 0 atom stereocenters. The van der Waals surface area contributed by atoms with Gasteiger partial charge in [-0.1, -0.05) is 23.7 Å². The molecule has 0 saturated heterocycles. The Morgan fingerprint density at radius 3 is 2.95 bits per heavy atom. The van der Waals surface area contributed by atoms with Crippen LogP contribution in [0.15, 0.2) is 45.0 Å². The molecule has 0 aliphatic rings. The van der Waals surface area contributed by atoms with Crippen molar-refractivity contribution in [1.29, 1.82) is 0 Å². The smallest absolute Gasteiger partial charge is 0.259 e. The van der Waals surface area contributed by atoms with E-state index in [4.69, 9.17) is 11.6 Å². The molecule has 3 nitrogen and oxygen atoms in total. The van der Waals surface area contributed by atoms with Gasteiger partial charge >= 0.3 is 0 Å². The number of para-hydroxylation sites is 1. The Morgan fingerprint density at radius 2 is 2.20 bits per heavy atom. The third-order valence-electron chi connectivity index (χ3n) is 2.70. The molecule has 1 aromatic carbocycles. The summed E-state index contributed by atoms with van der Waals surface area (Å²) in [7, 11) is 0. The van der Waals surface area contributed by atoms with Gasteiger partial charge in [0, 0.05) is 14.7 Å². The van der Waals surface area contributed by atoms with Crippen LogP contribution in [0.4, 0.5) is 0 Å². The second-order valence-electron chi connectivity index (χ2n) is 4.09. The number of rotatable bonds is 2. The minimum absolute atomic E-state index is 0.190. The van der Waals surface area contributed by atoms with Gasteiger partial charge < -0.3 is 4.98 Å². The molecule has 1 N–H and O–H groups in total. The van der Waals surface area contributed by atoms with E-state index in [1.165, 1.54) is 0 Å². The standard InChI is InChI=1S/C14H8BrClN2OS/c15-8-5-9(20-7-8)6-11(16)13-17-12-4-2-1-3-10(12)14(19)18-13/h1-7H,(H,17,18,19)/b11-6-. The molecular formula is C14H8BrClN2OS. The summed E-state index contributed by atoms with van der Waals surface area (Å²) < 4.78 is 0.998. The average Bonchev–Trinajstić information content (AvgIpc) is 2.84. The van der Waals surface area contributed by atoms with Crippen molar-refractivity contribution in [3.63, 3.8) is 0 Å². The van der Waals surface area contributed by atoms with E-state index in [1.54, 1.807) is 35.6 Å². The lowest BCUT2D eigenvalue weighted by molar-refractivity contribution is 1.14. The third-order valence-corrected chi connectivity index (χ3v) is 4.62.